The van der Waals surface area contributed by atoms with Gasteiger partial charge >= 0.3 is 21.8 Å². The monoisotopic (exact) mass is 548 g/mol. The summed E-state index contributed by atoms with van der Waals surface area (Å²) in [6.07, 6.45) is -1.08. The molecule has 2 unspecified atom stereocenters. The molecule has 2 aromatic rings. The normalized spacial score (nSPS) is 21.8. The number of nitrogen functional groups attached to an aromatic ring is 1. The standard InChI is InChI=1S/C18H23N5O11P2/c19-5-3-11-1-2-12(13(7-11)23(25)26)9-31-14-8-17(22-6-4-16(20)21-18(22)24)33-15(14)10-32-36(29,30)34-35(27)28/h1-2,4,6-7,14-15,17H,3,5,8-10,19H2,(H3-,20,21,24,27,28,29,30)/p+1/t14-,15-,17-/m1/s1. The lowest BCUT2D eigenvalue weighted by atomic mass is 10.1. The summed E-state index contributed by atoms with van der Waals surface area (Å²) < 4.78 is 44.0. The van der Waals surface area contributed by atoms with Crippen LogP contribution in [0.5, 0.6) is 0 Å². The highest BCUT2D eigenvalue weighted by Crippen LogP contribution is 2.51. The van der Waals surface area contributed by atoms with Gasteiger partial charge in [0.25, 0.3) is 5.69 Å². The number of phosphoric acid groups is 1. The van der Waals surface area contributed by atoms with Gasteiger partial charge in [0.2, 0.25) is 0 Å². The molecule has 18 heteroatoms. The Hall–Kier alpha value is -2.65. The molecule has 0 saturated carbocycles. The Kier molecular flexibility index (Phi) is 9.35. The van der Waals surface area contributed by atoms with Crippen LogP contribution in [0.25, 0.3) is 0 Å². The zero-order valence-electron chi connectivity index (χ0n) is 18.6. The molecule has 6 N–H and O–H groups in total. The Bertz CT molecular complexity index is 1230. The van der Waals surface area contributed by atoms with Crippen LogP contribution in [-0.4, -0.2) is 49.6 Å². The molecule has 36 heavy (non-hydrogen) atoms. The number of nitrogens with two attached hydrogens (primary N) is 2. The van der Waals surface area contributed by atoms with Gasteiger partial charge in [0.1, 0.15) is 18.1 Å². The molecule has 0 spiro atoms. The first-order chi connectivity index (χ1) is 17.0. The summed E-state index contributed by atoms with van der Waals surface area (Å²) in [4.78, 5) is 45.1. The van der Waals surface area contributed by atoms with Gasteiger partial charge < -0.3 is 20.9 Å². The molecule has 16 nitrogen and oxygen atoms in total. The number of hydrogen-bond acceptors (Lipinski definition) is 12. The summed E-state index contributed by atoms with van der Waals surface area (Å²) in [5, 5.41) is 11.5. The minimum absolute atomic E-state index is 0.0104. The molecule has 1 aromatic heterocycles. The molecule has 1 aliphatic rings. The van der Waals surface area contributed by atoms with Gasteiger partial charge in [-0.25, -0.2) is 9.36 Å². The maximum atomic E-state index is 12.2. The molecule has 1 fully saturated rings. The van der Waals surface area contributed by atoms with Crippen molar-refractivity contribution in [1.82, 2.24) is 9.55 Å². The predicted octanol–water partition coefficient (Wildman–Crippen LogP) is 0.891. The summed E-state index contributed by atoms with van der Waals surface area (Å²) in [5.74, 6) is -0.0104. The summed E-state index contributed by atoms with van der Waals surface area (Å²) in [6.45, 7) is -0.550. The van der Waals surface area contributed by atoms with E-state index < -0.39 is 51.7 Å². The van der Waals surface area contributed by atoms with Gasteiger partial charge in [-0.2, -0.15) is 4.98 Å². The van der Waals surface area contributed by atoms with Gasteiger partial charge in [-0.05, 0) is 35.0 Å². The summed E-state index contributed by atoms with van der Waals surface area (Å²) in [7, 11) is -8.34. The van der Waals surface area contributed by atoms with Gasteiger partial charge in [0.05, 0.1) is 29.8 Å². The van der Waals surface area contributed by atoms with Crippen molar-refractivity contribution < 1.29 is 42.1 Å². The quantitative estimate of drug-likeness (QED) is 0.164. The van der Waals surface area contributed by atoms with Gasteiger partial charge in [0.15, 0.2) is 0 Å². The topological polar surface area (TPSA) is 242 Å². The Morgan fingerprint density at radius 3 is 2.78 bits per heavy atom. The fourth-order valence-electron chi connectivity index (χ4n) is 3.54. The first kappa shape index (κ1) is 27.9. The van der Waals surface area contributed by atoms with E-state index in [9.17, 15) is 28.9 Å². The van der Waals surface area contributed by atoms with E-state index in [1.165, 1.54) is 24.4 Å². The van der Waals surface area contributed by atoms with Crippen molar-refractivity contribution in [3.63, 3.8) is 0 Å². The Morgan fingerprint density at radius 1 is 1.39 bits per heavy atom. The van der Waals surface area contributed by atoms with Crippen molar-refractivity contribution in [1.29, 1.82) is 0 Å². The highest BCUT2D eigenvalue weighted by molar-refractivity contribution is 7.55. The van der Waals surface area contributed by atoms with E-state index in [1.807, 2.05) is 0 Å². The Balaban J connectivity index is 1.80. The van der Waals surface area contributed by atoms with E-state index in [2.05, 4.69) is 9.29 Å². The number of nitro groups is 1. The number of nitro benzene ring substituents is 1. The molecule has 0 aliphatic carbocycles. The van der Waals surface area contributed by atoms with E-state index in [1.54, 1.807) is 6.07 Å². The fraction of sp³-hybridized carbons (Fsp3) is 0.444. The number of ether oxygens (including phenoxy) is 2. The maximum Gasteiger partial charge on any atom is 0.705 e. The van der Waals surface area contributed by atoms with Crippen LogP contribution >= 0.6 is 16.1 Å². The smallest absolute Gasteiger partial charge is 0.383 e. The van der Waals surface area contributed by atoms with Gasteiger partial charge in [0, 0.05) is 23.2 Å². The van der Waals surface area contributed by atoms with Crippen LogP contribution in [0.15, 0.2) is 35.3 Å². The molecule has 5 atom stereocenters. The molecule has 0 radical (unpaired) electrons. The fourth-order valence-corrected chi connectivity index (χ4v) is 4.77. The minimum Gasteiger partial charge on any atom is -0.383 e. The molecule has 1 aliphatic heterocycles. The van der Waals surface area contributed by atoms with Crippen molar-refractivity contribution >= 4 is 27.6 Å². The third-order valence-corrected chi connectivity index (χ3v) is 7.01. The summed E-state index contributed by atoms with van der Waals surface area (Å²) >= 11 is 0. The third kappa shape index (κ3) is 7.43. The van der Waals surface area contributed by atoms with E-state index in [0.717, 1.165) is 4.57 Å². The van der Waals surface area contributed by atoms with Crippen LogP contribution in [0.3, 0.4) is 0 Å². The highest BCUT2D eigenvalue weighted by Gasteiger charge is 2.42. The zero-order valence-corrected chi connectivity index (χ0v) is 20.4. The Morgan fingerprint density at radius 2 is 2.14 bits per heavy atom. The SMILES string of the molecule is NCCc1ccc(CO[C@@H]2C[C@H](n3ccc(N)nc3=O)O[C@@H]2COP(=O)(O)O[P+](=O)O)c([N+](=O)[O-])c1. The molecule has 0 amide bonds. The number of nitrogens with zero attached hydrogens (tertiary/aromatic N) is 3. The zero-order chi connectivity index (χ0) is 26.5. The van der Waals surface area contributed by atoms with Crippen LogP contribution in [0.4, 0.5) is 11.5 Å². The molecular weight excluding hydrogens is 524 g/mol. The minimum atomic E-state index is -4.91. The second kappa shape index (κ2) is 12.1. The first-order valence-corrected chi connectivity index (χ1v) is 13.0. The van der Waals surface area contributed by atoms with Crippen LogP contribution in [0.2, 0.25) is 0 Å². The average molecular weight is 548 g/mol. The van der Waals surface area contributed by atoms with Crippen molar-refractivity contribution in [3.05, 3.63) is 62.2 Å². The molecule has 1 saturated heterocycles. The number of phosphoric ester groups is 1. The first-order valence-electron chi connectivity index (χ1n) is 10.4. The van der Waals surface area contributed by atoms with E-state index in [-0.39, 0.29) is 30.1 Å². The maximum absolute atomic E-state index is 12.2. The van der Waals surface area contributed by atoms with Crippen molar-refractivity contribution in [3.8, 4) is 0 Å². The van der Waals surface area contributed by atoms with Crippen molar-refractivity contribution in [2.45, 2.75) is 37.9 Å². The molecule has 196 valence electrons. The lowest BCUT2D eigenvalue weighted by molar-refractivity contribution is -0.386. The Labute approximate surface area is 204 Å². The second-order valence-electron chi connectivity index (χ2n) is 7.60. The van der Waals surface area contributed by atoms with Gasteiger partial charge in [-0.3, -0.25) is 24.1 Å². The van der Waals surface area contributed by atoms with Crippen LogP contribution in [-0.2, 0) is 40.5 Å². The lowest BCUT2D eigenvalue weighted by Crippen LogP contribution is -2.29. The largest absolute Gasteiger partial charge is 0.705 e. The lowest BCUT2D eigenvalue weighted by Gasteiger charge is -2.19. The van der Waals surface area contributed by atoms with Gasteiger partial charge in [-0.15, -0.1) is 4.89 Å². The number of benzene rings is 1. The van der Waals surface area contributed by atoms with Crippen LogP contribution < -0.4 is 17.2 Å². The molecular formula is C18H24N5O11P2+. The van der Waals surface area contributed by atoms with Crippen LogP contribution in [0, 0.1) is 10.1 Å². The third-order valence-electron chi connectivity index (χ3n) is 5.15. The number of rotatable bonds is 12. The predicted molar refractivity (Wildman–Crippen MR) is 123 cm³/mol. The van der Waals surface area contributed by atoms with Crippen molar-refractivity contribution in [2.24, 2.45) is 5.73 Å². The van der Waals surface area contributed by atoms with E-state index in [0.29, 0.717) is 18.5 Å². The molecule has 1 aromatic carbocycles. The van der Waals surface area contributed by atoms with E-state index >= 15 is 0 Å². The average Bonchev–Trinajstić information content (AvgIpc) is 3.19. The molecule has 2 heterocycles. The number of hydrogen-bond donors (Lipinski definition) is 4. The molecule has 0 bridgehead atoms. The molecule has 3 rings (SSSR count). The van der Waals surface area contributed by atoms with Crippen molar-refractivity contribution in [2.75, 3.05) is 18.9 Å². The van der Waals surface area contributed by atoms with E-state index in [4.69, 9.17) is 30.4 Å². The second-order valence-corrected chi connectivity index (χ2v) is 9.92. The highest BCUT2D eigenvalue weighted by atomic mass is 31.2. The number of anilines is 1. The summed E-state index contributed by atoms with van der Waals surface area (Å²) in [5.41, 5.74) is 11.1. The summed E-state index contributed by atoms with van der Waals surface area (Å²) in [6, 6.07) is 5.98. The number of aromatic nitrogens is 2. The van der Waals surface area contributed by atoms with Gasteiger partial charge in [-0.1, -0.05) is 6.07 Å². The van der Waals surface area contributed by atoms with Crippen LogP contribution in [0.1, 0.15) is 23.8 Å².